The third-order valence-corrected chi connectivity index (χ3v) is 4.26. The van der Waals surface area contributed by atoms with E-state index in [0.29, 0.717) is 18.0 Å². The fourth-order valence-corrected chi connectivity index (χ4v) is 2.77. The largest absolute Gasteiger partial charge is 0.452 e. The van der Waals surface area contributed by atoms with Gasteiger partial charge in [-0.1, -0.05) is 35.2 Å². The van der Waals surface area contributed by atoms with Gasteiger partial charge in [-0.15, -0.1) is 0 Å². The Balaban J connectivity index is 1.68. The SMILES string of the molecule is O=C(COC(=O)c1ccc(Br)cc1)NCC1CCCCC1. The summed E-state index contributed by atoms with van der Waals surface area (Å²) >= 11 is 3.30. The molecule has 114 valence electrons. The molecule has 0 atom stereocenters. The number of halogens is 1. The Morgan fingerprint density at radius 2 is 1.81 bits per heavy atom. The van der Waals surface area contributed by atoms with Gasteiger partial charge in [0.1, 0.15) is 0 Å². The van der Waals surface area contributed by atoms with Crippen molar-refractivity contribution in [1.29, 1.82) is 0 Å². The maximum Gasteiger partial charge on any atom is 0.338 e. The van der Waals surface area contributed by atoms with Crippen LogP contribution >= 0.6 is 15.9 Å². The number of hydrogen-bond acceptors (Lipinski definition) is 3. The van der Waals surface area contributed by atoms with Crippen LogP contribution in [0.2, 0.25) is 0 Å². The van der Waals surface area contributed by atoms with Crippen LogP contribution < -0.4 is 5.32 Å². The Hall–Kier alpha value is -1.36. The first-order chi connectivity index (χ1) is 10.1. The molecular weight excluding hydrogens is 334 g/mol. The van der Waals surface area contributed by atoms with Crippen molar-refractivity contribution < 1.29 is 14.3 Å². The third-order valence-electron chi connectivity index (χ3n) is 3.73. The lowest BCUT2D eigenvalue weighted by molar-refractivity contribution is -0.124. The first-order valence-electron chi connectivity index (χ1n) is 7.34. The minimum absolute atomic E-state index is 0.221. The Morgan fingerprint density at radius 3 is 2.48 bits per heavy atom. The van der Waals surface area contributed by atoms with Crippen LogP contribution in [0.4, 0.5) is 0 Å². The van der Waals surface area contributed by atoms with Crippen molar-refractivity contribution in [3.8, 4) is 0 Å². The van der Waals surface area contributed by atoms with Crippen LogP contribution in [-0.2, 0) is 9.53 Å². The molecule has 1 saturated carbocycles. The second-order valence-corrected chi connectivity index (χ2v) is 6.31. The number of nitrogens with one attached hydrogen (secondary N) is 1. The van der Waals surface area contributed by atoms with E-state index in [1.807, 2.05) is 0 Å². The van der Waals surface area contributed by atoms with Crippen molar-refractivity contribution in [3.63, 3.8) is 0 Å². The lowest BCUT2D eigenvalue weighted by atomic mass is 9.89. The molecule has 0 bridgehead atoms. The van der Waals surface area contributed by atoms with Crippen LogP contribution in [0.5, 0.6) is 0 Å². The second kappa shape index (κ2) is 8.17. The van der Waals surface area contributed by atoms with E-state index in [4.69, 9.17) is 4.74 Å². The van der Waals surface area contributed by atoms with Crippen molar-refractivity contribution in [1.82, 2.24) is 5.32 Å². The zero-order chi connectivity index (χ0) is 15.1. The summed E-state index contributed by atoms with van der Waals surface area (Å²) < 4.78 is 5.90. The highest BCUT2D eigenvalue weighted by Gasteiger charge is 2.15. The standard InChI is InChI=1S/C16H20BrNO3/c17-14-8-6-13(7-9-14)16(20)21-11-15(19)18-10-12-4-2-1-3-5-12/h6-9,12H,1-5,10-11H2,(H,18,19). The Bertz CT molecular complexity index is 481. The number of ether oxygens (including phenoxy) is 1. The molecule has 0 saturated heterocycles. The molecule has 0 aromatic heterocycles. The van der Waals surface area contributed by atoms with Crippen molar-refractivity contribution in [3.05, 3.63) is 34.3 Å². The van der Waals surface area contributed by atoms with Crippen LogP contribution in [0.15, 0.2) is 28.7 Å². The quantitative estimate of drug-likeness (QED) is 0.826. The summed E-state index contributed by atoms with van der Waals surface area (Å²) in [5.41, 5.74) is 0.443. The topological polar surface area (TPSA) is 55.4 Å². The second-order valence-electron chi connectivity index (χ2n) is 5.39. The number of carbonyl (C=O) groups excluding carboxylic acids is 2. The van der Waals surface area contributed by atoms with Crippen LogP contribution in [0.25, 0.3) is 0 Å². The normalized spacial score (nSPS) is 15.5. The van der Waals surface area contributed by atoms with Gasteiger partial charge >= 0.3 is 5.97 Å². The van der Waals surface area contributed by atoms with Gasteiger partial charge in [-0.25, -0.2) is 4.79 Å². The first-order valence-corrected chi connectivity index (χ1v) is 8.14. The number of rotatable bonds is 5. The Morgan fingerprint density at radius 1 is 1.14 bits per heavy atom. The van der Waals surface area contributed by atoms with Gasteiger partial charge in [0.05, 0.1) is 5.56 Å². The Kier molecular flexibility index (Phi) is 6.23. The number of esters is 1. The third kappa shape index (κ3) is 5.50. The van der Waals surface area contributed by atoms with E-state index in [1.54, 1.807) is 24.3 Å². The summed E-state index contributed by atoms with van der Waals surface area (Å²) in [6, 6.07) is 6.85. The van der Waals surface area contributed by atoms with Crippen molar-refractivity contribution >= 4 is 27.8 Å². The lowest BCUT2D eigenvalue weighted by Gasteiger charge is -2.21. The van der Waals surface area contributed by atoms with Crippen LogP contribution in [-0.4, -0.2) is 25.0 Å². The lowest BCUT2D eigenvalue weighted by Crippen LogP contribution is -2.33. The van der Waals surface area contributed by atoms with Crippen molar-refractivity contribution in [2.75, 3.05) is 13.2 Å². The number of hydrogen-bond donors (Lipinski definition) is 1. The molecule has 0 heterocycles. The smallest absolute Gasteiger partial charge is 0.338 e. The van der Waals surface area contributed by atoms with E-state index in [1.165, 1.54) is 32.1 Å². The van der Waals surface area contributed by atoms with E-state index < -0.39 is 5.97 Å². The zero-order valence-corrected chi connectivity index (χ0v) is 13.5. The summed E-state index contributed by atoms with van der Waals surface area (Å²) in [5.74, 6) is -0.133. The first kappa shape index (κ1) is 16.0. The monoisotopic (exact) mass is 353 g/mol. The van der Waals surface area contributed by atoms with Gasteiger partial charge in [0, 0.05) is 11.0 Å². The minimum atomic E-state index is -0.477. The molecular formula is C16H20BrNO3. The van der Waals surface area contributed by atoms with Gasteiger partial charge in [0.25, 0.3) is 5.91 Å². The highest BCUT2D eigenvalue weighted by Crippen LogP contribution is 2.22. The van der Waals surface area contributed by atoms with Crippen molar-refractivity contribution in [2.45, 2.75) is 32.1 Å². The van der Waals surface area contributed by atoms with Crippen LogP contribution in [0.3, 0.4) is 0 Å². The molecule has 1 aliphatic carbocycles. The zero-order valence-electron chi connectivity index (χ0n) is 11.9. The van der Waals surface area contributed by atoms with E-state index in [-0.39, 0.29) is 12.5 Å². The molecule has 21 heavy (non-hydrogen) atoms. The molecule has 5 heteroatoms. The number of benzene rings is 1. The maximum absolute atomic E-state index is 11.7. The molecule has 0 unspecified atom stereocenters. The summed E-state index contributed by atoms with van der Waals surface area (Å²) in [6.45, 7) is 0.469. The molecule has 4 nitrogen and oxygen atoms in total. The van der Waals surface area contributed by atoms with Gasteiger partial charge in [0.2, 0.25) is 0 Å². The fourth-order valence-electron chi connectivity index (χ4n) is 2.50. The van der Waals surface area contributed by atoms with Gasteiger partial charge in [-0.3, -0.25) is 4.79 Å². The van der Waals surface area contributed by atoms with E-state index in [9.17, 15) is 9.59 Å². The molecule has 0 aliphatic heterocycles. The summed E-state index contributed by atoms with van der Waals surface area (Å²) in [4.78, 5) is 23.4. The maximum atomic E-state index is 11.7. The molecule has 0 radical (unpaired) electrons. The fraction of sp³-hybridized carbons (Fsp3) is 0.500. The molecule has 1 fully saturated rings. The molecule has 2 rings (SSSR count). The van der Waals surface area contributed by atoms with E-state index in [2.05, 4.69) is 21.2 Å². The Labute approximate surface area is 133 Å². The van der Waals surface area contributed by atoms with Crippen LogP contribution in [0, 0.1) is 5.92 Å². The van der Waals surface area contributed by atoms with E-state index >= 15 is 0 Å². The number of carbonyl (C=O) groups is 2. The molecule has 1 amide bonds. The summed E-state index contributed by atoms with van der Waals surface area (Å²) in [6.07, 6.45) is 6.16. The highest BCUT2D eigenvalue weighted by molar-refractivity contribution is 9.10. The molecule has 1 aromatic carbocycles. The average Bonchev–Trinajstić information content (AvgIpc) is 2.52. The van der Waals surface area contributed by atoms with E-state index in [0.717, 1.165) is 4.47 Å². The van der Waals surface area contributed by atoms with Gasteiger partial charge in [-0.2, -0.15) is 0 Å². The molecule has 0 spiro atoms. The van der Waals surface area contributed by atoms with Gasteiger partial charge in [0.15, 0.2) is 6.61 Å². The molecule has 1 N–H and O–H groups in total. The predicted molar refractivity (Wildman–Crippen MR) is 84.0 cm³/mol. The number of amides is 1. The van der Waals surface area contributed by atoms with Crippen LogP contribution in [0.1, 0.15) is 42.5 Å². The van der Waals surface area contributed by atoms with Gasteiger partial charge < -0.3 is 10.1 Å². The predicted octanol–water partition coefficient (Wildman–Crippen LogP) is 3.30. The molecule has 1 aromatic rings. The highest BCUT2D eigenvalue weighted by atomic mass is 79.9. The summed E-state index contributed by atoms with van der Waals surface area (Å²) in [7, 11) is 0. The van der Waals surface area contributed by atoms with Crippen molar-refractivity contribution in [2.24, 2.45) is 5.92 Å². The average molecular weight is 354 g/mol. The van der Waals surface area contributed by atoms with Gasteiger partial charge in [-0.05, 0) is 43.0 Å². The minimum Gasteiger partial charge on any atom is -0.452 e. The summed E-state index contributed by atoms with van der Waals surface area (Å²) in [5, 5.41) is 2.84. The molecule has 1 aliphatic rings.